The lowest BCUT2D eigenvalue weighted by Gasteiger charge is -2.32. The van der Waals surface area contributed by atoms with Gasteiger partial charge in [-0.2, -0.15) is 0 Å². The number of methoxy groups -OCH3 is 1. The molecule has 2 aromatic rings. The number of hydrogen-bond acceptors (Lipinski definition) is 3. The Hall–Kier alpha value is -1.46. The van der Waals surface area contributed by atoms with Gasteiger partial charge in [0.1, 0.15) is 5.75 Å². The van der Waals surface area contributed by atoms with E-state index in [-0.39, 0.29) is 11.8 Å². The van der Waals surface area contributed by atoms with E-state index in [1.807, 2.05) is 12.1 Å². The van der Waals surface area contributed by atoms with Gasteiger partial charge in [-0.1, -0.05) is 40.9 Å². The summed E-state index contributed by atoms with van der Waals surface area (Å²) in [5.74, 6) is 0.482. The molecule has 0 aromatic heterocycles. The highest BCUT2D eigenvalue weighted by Crippen LogP contribution is 2.29. The predicted octanol–water partition coefficient (Wildman–Crippen LogP) is 5.51. The number of carbonyl (C=O) groups is 1. The zero-order valence-corrected chi connectivity index (χ0v) is 17.2. The van der Waals surface area contributed by atoms with Crippen LogP contribution < -0.4 is 10.1 Å². The molecule has 0 aliphatic carbocycles. The highest BCUT2D eigenvalue weighted by molar-refractivity contribution is 6.42. The molecular weight excluding hydrogens is 407 g/mol. The first kappa shape index (κ1) is 20.3. The van der Waals surface area contributed by atoms with Crippen LogP contribution in [-0.2, 0) is 11.3 Å². The number of nitrogens with one attached hydrogen (secondary N) is 1. The van der Waals surface area contributed by atoms with Crippen LogP contribution in [0.1, 0.15) is 18.4 Å². The van der Waals surface area contributed by atoms with Gasteiger partial charge in [0, 0.05) is 18.1 Å². The lowest BCUT2D eigenvalue weighted by Crippen LogP contribution is -2.40. The number of piperidine rings is 1. The maximum absolute atomic E-state index is 12.8. The van der Waals surface area contributed by atoms with Crippen molar-refractivity contribution >= 4 is 46.4 Å². The van der Waals surface area contributed by atoms with E-state index in [0.29, 0.717) is 33.0 Å². The number of benzene rings is 2. The van der Waals surface area contributed by atoms with Crippen LogP contribution in [0.4, 0.5) is 5.69 Å². The molecule has 0 radical (unpaired) electrons. The molecule has 1 N–H and O–H groups in total. The zero-order valence-electron chi connectivity index (χ0n) is 15.0. The van der Waals surface area contributed by atoms with Gasteiger partial charge < -0.3 is 10.1 Å². The first-order valence-electron chi connectivity index (χ1n) is 8.77. The SMILES string of the molecule is COc1ccc(Cl)cc1NC(=O)C1CCCN(Cc2ccc(Cl)c(Cl)c2)C1. The van der Waals surface area contributed by atoms with Gasteiger partial charge in [-0.3, -0.25) is 9.69 Å². The molecule has 144 valence electrons. The number of rotatable bonds is 5. The Kier molecular flexibility index (Phi) is 6.88. The van der Waals surface area contributed by atoms with Gasteiger partial charge >= 0.3 is 0 Å². The first-order chi connectivity index (χ1) is 13.0. The minimum Gasteiger partial charge on any atom is -0.495 e. The molecule has 1 aliphatic heterocycles. The highest BCUT2D eigenvalue weighted by atomic mass is 35.5. The van der Waals surface area contributed by atoms with E-state index in [0.717, 1.165) is 31.5 Å². The summed E-state index contributed by atoms with van der Waals surface area (Å²) < 4.78 is 5.30. The Balaban J connectivity index is 1.64. The number of amides is 1. The van der Waals surface area contributed by atoms with Crippen molar-refractivity contribution in [3.05, 3.63) is 57.0 Å². The molecule has 1 saturated heterocycles. The van der Waals surface area contributed by atoms with Crippen molar-refractivity contribution in [3.8, 4) is 5.75 Å². The summed E-state index contributed by atoms with van der Waals surface area (Å²) in [6, 6.07) is 10.8. The zero-order chi connectivity index (χ0) is 19.4. The molecule has 1 unspecified atom stereocenters. The number of likely N-dealkylation sites (tertiary alicyclic amines) is 1. The third-order valence-corrected chi connectivity index (χ3v) is 5.66. The normalized spacial score (nSPS) is 17.6. The fourth-order valence-electron chi connectivity index (χ4n) is 3.32. The van der Waals surface area contributed by atoms with Crippen molar-refractivity contribution < 1.29 is 9.53 Å². The second kappa shape index (κ2) is 9.16. The Morgan fingerprint density at radius 2 is 2.00 bits per heavy atom. The van der Waals surface area contributed by atoms with Crippen molar-refractivity contribution in [2.45, 2.75) is 19.4 Å². The Labute approximate surface area is 174 Å². The smallest absolute Gasteiger partial charge is 0.228 e. The van der Waals surface area contributed by atoms with Gasteiger partial charge in [-0.05, 0) is 55.3 Å². The van der Waals surface area contributed by atoms with E-state index < -0.39 is 0 Å². The van der Waals surface area contributed by atoms with Crippen molar-refractivity contribution in [1.29, 1.82) is 0 Å². The Morgan fingerprint density at radius 1 is 1.19 bits per heavy atom. The number of nitrogens with zero attached hydrogens (tertiary/aromatic N) is 1. The predicted molar refractivity (Wildman–Crippen MR) is 111 cm³/mol. The fraction of sp³-hybridized carbons (Fsp3) is 0.350. The summed E-state index contributed by atoms with van der Waals surface area (Å²) in [6.07, 6.45) is 1.82. The third-order valence-electron chi connectivity index (χ3n) is 4.69. The minimum atomic E-state index is -0.0924. The molecule has 0 bridgehead atoms. The molecule has 27 heavy (non-hydrogen) atoms. The summed E-state index contributed by atoms with van der Waals surface area (Å²) in [4.78, 5) is 15.0. The van der Waals surface area contributed by atoms with Crippen molar-refractivity contribution in [3.63, 3.8) is 0 Å². The van der Waals surface area contributed by atoms with E-state index >= 15 is 0 Å². The van der Waals surface area contributed by atoms with Gasteiger partial charge in [-0.25, -0.2) is 0 Å². The average molecular weight is 428 g/mol. The first-order valence-corrected chi connectivity index (χ1v) is 9.90. The van der Waals surface area contributed by atoms with Crippen LogP contribution in [0, 0.1) is 5.92 Å². The van der Waals surface area contributed by atoms with Crippen LogP contribution in [0.3, 0.4) is 0 Å². The number of hydrogen-bond donors (Lipinski definition) is 1. The molecule has 1 aliphatic rings. The van der Waals surface area contributed by atoms with Gasteiger partial charge in [0.2, 0.25) is 5.91 Å². The summed E-state index contributed by atoms with van der Waals surface area (Å²) in [5.41, 5.74) is 1.68. The molecule has 1 fully saturated rings. The van der Waals surface area contributed by atoms with Crippen LogP contribution in [0.15, 0.2) is 36.4 Å². The third kappa shape index (κ3) is 5.29. The minimum absolute atomic E-state index is 0.0191. The fourth-order valence-corrected chi connectivity index (χ4v) is 3.81. The number of anilines is 1. The van der Waals surface area contributed by atoms with E-state index in [9.17, 15) is 4.79 Å². The van der Waals surface area contributed by atoms with E-state index in [4.69, 9.17) is 39.5 Å². The molecule has 1 amide bonds. The van der Waals surface area contributed by atoms with E-state index in [2.05, 4.69) is 10.2 Å². The standard InChI is InChI=1S/C20H21Cl3N2O2/c1-27-19-7-5-15(21)10-18(19)24-20(26)14-3-2-8-25(12-14)11-13-4-6-16(22)17(23)9-13/h4-7,9-10,14H,2-3,8,11-12H2,1H3,(H,24,26). The molecule has 2 aromatic carbocycles. The quantitative estimate of drug-likeness (QED) is 0.684. The molecule has 7 heteroatoms. The van der Waals surface area contributed by atoms with E-state index in [1.54, 1.807) is 31.4 Å². The van der Waals surface area contributed by atoms with Crippen LogP contribution in [0.5, 0.6) is 5.75 Å². The second-order valence-electron chi connectivity index (χ2n) is 6.66. The van der Waals surface area contributed by atoms with Crippen molar-refractivity contribution in [2.75, 3.05) is 25.5 Å². The molecule has 0 saturated carbocycles. The summed E-state index contributed by atoms with van der Waals surface area (Å²) in [7, 11) is 1.57. The Morgan fingerprint density at radius 3 is 2.74 bits per heavy atom. The highest BCUT2D eigenvalue weighted by Gasteiger charge is 2.26. The van der Waals surface area contributed by atoms with Crippen molar-refractivity contribution in [1.82, 2.24) is 4.90 Å². The van der Waals surface area contributed by atoms with Crippen molar-refractivity contribution in [2.24, 2.45) is 5.92 Å². The van der Waals surface area contributed by atoms with Gasteiger partial charge in [0.25, 0.3) is 0 Å². The van der Waals surface area contributed by atoms with Gasteiger partial charge in [0.05, 0.1) is 28.8 Å². The number of halogens is 3. The monoisotopic (exact) mass is 426 g/mol. The molecular formula is C20H21Cl3N2O2. The van der Waals surface area contributed by atoms with Crippen LogP contribution in [-0.4, -0.2) is 31.0 Å². The second-order valence-corrected chi connectivity index (χ2v) is 7.91. The molecule has 1 atom stereocenters. The lowest BCUT2D eigenvalue weighted by atomic mass is 9.96. The summed E-state index contributed by atoms with van der Waals surface area (Å²) in [6.45, 7) is 2.38. The maximum Gasteiger partial charge on any atom is 0.228 e. The lowest BCUT2D eigenvalue weighted by molar-refractivity contribution is -0.121. The maximum atomic E-state index is 12.8. The topological polar surface area (TPSA) is 41.6 Å². The largest absolute Gasteiger partial charge is 0.495 e. The summed E-state index contributed by atoms with van der Waals surface area (Å²) >= 11 is 18.1. The van der Waals surface area contributed by atoms with Crippen LogP contribution in [0.2, 0.25) is 15.1 Å². The molecule has 3 rings (SSSR count). The van der Waals surface area contributed by atoms with Crippen LogP contribution in [0.25, 0.3) is 0 Å². The molecule has 4 nitrogen and oxygen atoms in total. The average Bonchev–Trinajstić information content (AvgIpc) is 2.65. The summed E-state index contributed by atoms with van der Waals surface area (Å²) in [5, 5.41) is 4.61. The van der Waals surface area contributed by atoms with Gasteiger partial charge in [0.15, 0.2) is 0 Å². The molecule has 0 spiro atoms. The molecule has 1 heterocycles. The Bertz CT molecular complexity index is 829. The van der Waals surface area contributed by atoms with Crippen LogP contribution >= 0.6 is 34.8 Å². The van der Waals surface area contributed by atoms with Gasteiger partial charge in [-0.15, -0.1) is 0 Å². The van der Waals surface area contributed by atoms with E-state index in [1.165, 1.54) is 0 Å². The number of ether oxygens (including phenoxy) is 1. The number of carbonyl (C=O) groups excluding carboxylic acids is 1.